The van der Waals surface area contributed by atoms with Crippen LogP contribution in [0.5, 0.6) is 0 Å². The molecule has 0 radical (unpaired) electrons. The van der Waals surface area contributed by atoms with Gasteiger partial charge in [-0.05, 0) is 49.4 Å². The summed E-state index contributed by atoms with van der Waals surface area (Å²) in [6, 6.07) is 12.8. The Hall–Kier alpha value is -3.08. The molecular weight excluding hydrogens is 531 g/mol. The Labute approximate surface area is 228 Å². The molecule has 11 heteroatoms. The molecular formula is C28H36F3N3O4S. The van der Waals surface area contributed by atoms with E-state index < -0.39 is 27.8 Å². The highest BCUT2D eigenvalue weighted by atomic mass is 32.2. The monoisotopic (exact) mass is 567 g/mol. The summed E-state index contributed by atoms with van der Waals surface area (Å²) in [5.74, 6) is -0.542. The molecule has 1 unspecified atom stereocenters. The minimum atomic E-state index is -4.62. The minimum absolute atomic E-state index is 0.0636. The highest BCUT2D eigenvalue weighted by Crippen LogP contribution is 2.32. The van der Waals surface area contributed by atoms with Crippen LogP contribution in [0.25, 0.3) is 0 Å². The predicted molar refractivity (Wildman–Crippen MR) is 144 cm³/mol. The summed E-state index contributed by atoms with van der Waals surface area (Å²) in [5.41, 5.74) is -0.235. The zero-order valence-corrected chi connectivity index (χ0v) is 23.1. The predicted octanol–water partition coefficient (Wildman–Crippen LogP) is 5.12. The van der Waals surface area contributed by atoms with E-state index >= 15 is 0 Å². The second kappa shape index (κ2) is 13.3. The maximum atomic E-state index is 13.5. The smallest absolute Gasteiger partial charge is 0.352 e. The average molecular weight is 568 g/mol. The van der Waals surface area contributed by atoms with Gasteiger partial charge < -0.3 is 10.2 Å². The van der Waals surface area contributed by atoms with Gasteiger partial charge in [0, 0.05) is 25.6 Å². The van der Waals surface area contributed by atoms with Crippen molar-refractivity contribution in [2.45, 2.75) is 76.7 Å². The number of benzene rings is 2. The molecule has 1 fully saturated rings. The number of nitrogens with one attached hydrogen (secondary N) is 1. The van der Waals surface area contributed by atoms with Gasteiger partial charge in [-0.2, -0.15) is 13.2 Å². The van der Waals surface area contributed by atoms with E-state index in [1.807, 2.05) is 37.3 Å². The van der Waals surface area contributed by atoms with Crippen LogP contribution in [-0.2, 0) is 32.3 Å². The first kappa shape index (κ1) is 30.5. The first-order valence-electron chi connectivity index (χ1n) is 13.2. The molecule has 0 saturated heterocycles. The first-order chi connectivity index (χ1) is 18.4. The third kappa shape index (κ3) is 8.71. The molecule has 1 saturated carbocycles. The van der Waals surface area contributed by atoms with Crippen molar-refractivity contribution in [3.8, 4) is 0 Å². The summed E-state index contributed by atoms with van der Waals surface area (Å²) < 4.78 is 65.4. The van der Waals surface area contributed by atoms with E-state index in [1.165, 1.54) is 11.0 Å². The number of hydrogen-bond donors (Lipinski definition) is 1. The number of rotatable bonds is 12. The Morgan fingerprint density at radius 3 is 2.31 bits per heavy atom. The van der Waals surface area contributed by atoms with Crippen LogP contribution in [0, 0.1) is 0 Å². The lowest BCUT2D eigenvalue weighted by Crippen LogP contribution is -2.51. The molecule has 0 aliphatic heterocycles. The lowest BCUT2D eigenvalue weighted by atomic mass is 10.1. The van der Waals surface area contributed by atoms with Crippen LogP contribution >= 0.6 is 0 Å². The Morgan fingerprint density at radius 1 is 1.05 bits per heavy atom. The van der Waals surface area contributed by atoms with Crippen LogP contribution in [0.4, 0.5) is 18.9 Å². The average Bonchev–Trinajstić information content (AvgIpc) is 3.39. The number of hydrogen-bond acceptors (Lipinski definition) is 4. The van der Waals surface area contributed by atoms with Crippen LogP contribution in [0.15, 0.2) is 54.6 Å². The van der Waals surface area contributed by atoms with Gasteiger partial charge in [0.2, 0.25) is 21.8 Å². The molecule has 1 aliphatic carbocycles. The van der Waals surface area contributed by atoms with Gasteiger partial charge in [0.1, 0.15) is 6.04 Å². The summed E-state index contributed by atoms with van der Waals surface area (Å²) in [7, 11) is -3.92. The molecule has 39 heavy (non-hydrogen) atoms. The summed E-state index contributed by atoms with van der Waals surface area (Å²) in [4.78, 5) is 28.2. The van der Waals surface area contributed by atoms with Gasteiger partial charge in [-0.15, -0.1) is 0 Å². The third-order valence-electron chi connectivity index (χ3n) is 6.90. The number of amides is 2. The molecule has 2 amide bonds. The maximum absolute atomic E-state index is 13.5. The molecule has 1 atom stereocenters. The molecule has 0 heterocycles. The number of sulfonamides is 1. The van der Waals surface area contributed by atoms with Gasteiger partial charge in [0.15, 0.2) is 0 Å². The number of halogens is 3. The van der Waals surface area contributed by atoms with E-state index in [9.17, 15) is 31.2 Å². The number of alkyl halides is 3. The topological polar surface area (TPSA) is 86.8 Å². The largest absolute Gasteiger partial charge is 0.416 e. The SMILES string of the molecule is CCC(C(=O)NC1CCCC1)N(Cc1ccccc1)C(=O)CCCN(c1cccc(C(F)(F)F)c1)S(C)(=O)=O. The van der Waals surface area contributed by atoms with Crippen molar-refractivity contribution in [3.05, 3.63) is 65.7 Å². The Balaban J connectivity index is 1.76. The summed E-state index contributed by atoms with van der Waals surface area (Å²) in [5, 5.41) is 3.07. The van der Waals surface area contributed by atoms with Crippen LogP contribution in [0.1, 0.15) is 63.0 Å². The molecule has 214 valence electrons. The van der Waals surface area contributed by atoms with Crippen molar-refractivity contribution in [1.82, 2.24) is 10.2 Å². The standard InChI is InChI=1S/C28H36F3N3O4S/c1-3-25(27(36)32-23-14-7-8-15-23)33(20-21-11-5-4-6-12-21)26(35)17-10-18-34(39(2,37)38)24-16-9-13-22(19-24)28(29,30)31/h4-6,9,11-13,16,19,23,25H,3,7-8,10,14-15,17-18,20H2,1-2H3,(H,32,36). The summed E-state index contributed by atoms with van der Waals surface area (Å²) >= 11 is 0. The van der Waals surface area contributed by atoms with E-state index in [0.29, 0.717) is 6.42 Å². The Kier molecular flexibility index (Phi) is 10.4. The zero-order chi connectivity index (χ0) is 28.6. The second-order valence-electron chi connectivity index (χ2n) is 9.91. The van der Waals surface area contributed by atoms with Crippen LogP contribution in [0.3, 0.4) is 0 Å². The second-order valence-corrected chi connectivity index (χ2v) is 11.8. The van der Waals surface area contributed by atoms with Gasteiger partial charge in [0.05, 0.1) is 17.5 Å². The quantitative estimate of drug-likeness (QED) is 0.386. The fourth-order valence-electron chi connectivity index (χ4n) is 4.91. The van der Waals surface area contributed by atoms with Crippen molar-refractivity contribution < 1.29 is 31.2 Å². The minimum Gasteiger partial charge on any atom is -0.352 e. The Bertz CT molecular complexity index is 1220. The Morgan fingerprint density at radius 2 is 1.72 bits per heavy atom. The maximum Gasteiger partial charge on any atom is 0.416 e. The molecule has 1 N–H and O–H groups in total. The van der Waals surface area contributed by atoms with E-state index in [4.69, 9.17) is 0 Å². The van der Waals surface area contributed by atoms with Crippen LogP contribution < -0.4 is 9.62 Å². The lowest BCUT2D eigenvalue weighted by molar-refractivity contribution is -0.141. The fraction of sp³-hybridized carbons (Fsp3) is 0.500. The normalized spacial score (nSPS) is 15.1. The van der Waals surface area contributed by atoms with Gasteiger partial charge in [-0.25, -0.2) is 8.42 Å². The van der Waals surface area contributed by atoms with Gasteiger partial charge in [-0.1, -0.05) is 56.2 Å². The van der Waals surface area contributed by atoms with Gasteiger partial charge in [-0.3, -0.25) is 13.9 Å². The third-order valence-corrected chi connectivity index (χ3v) is 8.09. The van der Waals surface area contributed by atoms with Crippen molar-refractivity contribution in [3.63, 3.8) is 0 Å². The van der Waals surface area contributed by atoms with E-state index in [-0.39, 0.29) is 49.5 Å². The molecule has 3 rings (SSSR count). The fourth-order valence-corrected chi connectivity index (χ4v) is 5.87. The highest BCUT2D eigenvalue weighted by molar-refractivity contribution is 7.92. The van der Waals surface area contributed by atoms with Crippen LogP contribution in [-0.4, -0.2) is 50.0 Å². The first-order valence-corrected chi connectivity index (χ1v) is 15.0. The lowest BCUT2D eigenvalue weighted by Gasteiger charge is -2.32. The van der Waals surface area contributed by atoms with Crippen LogP contribution in [0.2, 0.25) is 0 Å². The molecule has 7 nitrogen and oxygen atoms in total. The number of anilines is 1. The molecule has 0 bridgehead atoms. The molecule has 2 aromatic rings. The van der Waals surface area contributed by atoms with E-state index in [2.05, 4.69) is 5.32 Å². The molecule has 0 spiro atoms. The number of carbonyl (C=O) groups is 2. The number of nitrogens with zero attached hydrogens (tertiary/aromatic N) is 2. The molecule has 2 aromatic carbocycles. The highest BCUT2D eigenvalue weighted by Gasteiger charge is 2.32. The summed E-state index contributed by atoms with van der Waals surface area (Å²) in [6.45, 7) is 1.86. The van der Waals surface area contributed by atoms with Crippen molar-refractivity contribution >= 4 is 27.5 Å². The number of carbonyl (C=O) groups excluding carboxylic acids is 2. The molecule has 1 aliphatic rings. The van der Waals surface area contributed by atoms with Crippen molar-refractivity contribution in [2.24, 2.45) is 0 Å². The van der Waals surface area contributed by atoms with E-state index in [0.717, 1.165) is 60.0 Å². The van der Waals surface area contributed by atoms with Crippen molar-refractivity contribution in [1.29, 1.82) is 0 Å². The zero-order valence-electron chi connectivity index (χ0n) is 22.3. The van der Waals surface area contributed by atoms with E-state index in [1.54, 1.807) is 0 Å². The van der Waals surface area contributed by atoms with Gasteiger partial charge in [0.25, 0.3) is 0 Å². The summed E-state index contributed by atoms with van der Waals surface area (Å²) in [6.07, 6.45) is 0.597. The molecule has 0 aromatic heterocycles. The van der Waals surface area contributed by atoms with Gasteiger partial charge >= 0.3 is 6.18 Å². The van der Waals surface area contributed by atoms with Crippen molar-refractivity contribution in [2.75, 3.05) is 17.1 Å².